The highest BCUT2D eigenvalue weighted by molar-refractivity contribution is 5.76. The normalized spacial score (nSPS) is 23.4. The molecular formula is C23H35F2N3O. The fourth-order valence-corrected chi connectivity index (χ4v) is 4.57. The van der Waals surface area contributed by atoms with Gasteiger partial charge >= 0.3 is 0 Å². The van der Waals surface area contributed by atoms with Crippen molar-refractivity contribution < 1.29 is 13.6 Å². The first-order valence-electron chi connectivity index (χ1n) is 11.2. The molecule has 1 aromatic rings. The number of piperazine rings is 1. The summed E-state index contributed by atoms with van der Waals surface area (Å²) in [5, 5.41) is 3.18. The van der Waals surface area contributed by atoms with E-state index >= 15 is 0 Å². The summed E-state index contributed by atoms with van der Waals surface area (Å²) in [6.07, 6.45) is 4.98. The number of benzene rings is 1. The van der Waals surface area contributed by atoms with Crippen LogP contribution in [-0.2, 0) is 4.79 Å². The maximum atomic E-state index is 12.9. The Bertz CT molecular complexity index is 639. The molecule has 4 nitrogen and oxygen atoms in total. The van der Waals surface area contributed by atoms with Crippen molar-refractivity contribution in [3.8, 4) is 0 Å². The van der Waals surface area contributed by atoms with E-state index in [0.29, 0.717) is 12.5 Å². The minimum absolute atomic E-state index is 0.103. The molecule has 1 aliphatic carbocycles. The lowest BCUT2D eigenvalue weighted by atomic mass is 9.84. The molecular weight excluding hydrogens is 372 g/mol. The standard InChI is InChI=1S/C23H35F2N3O/c1-2-4-22(29)26-20-9-7-18(8-10-20)11-12-27-13-15-28(16-14-27)21-6-3-5-19(17-21)23(24)25/h3,5-6,17-18,20,23H,2,4,7-16H2,1H3,(H,26,29). The topological polar surface area (TPSA) is 35.6 Å². The number of nitrogens with one attached hydrogen (secondary N) is 1. The largest absolute Gasteiger partial charge is 0.369 e. The minimum Gasteiger partial charge on any atom is -0.369 e. The molecule has 0 atom stereocenters. The molecule has 162 valence electrons. The van der Waals surface area contributed by atoms with Crippen LogP contribution in [0.2, 0.25) is 0 Å². The van der Waals surface area contributed by atoms with Crippen molar-refractivity contribution in [3.63, 3.8) is 0 Å². The summed E-state index contributed by atoms with van der Waals surface area (Å²) < 4.78 is 25.9. The van der Waals surface area contributed by atoms with E-state index < -0.39 is 6.43 Å². The maximum absolute atomic E-state index is 12.9. The Hall–Kier alpha value is -1.69. The van der Waals surface area contributed by atoms with Gasteiger partial charge in [0.2, 0.25) is 5.91 Å². The molecule has 29 heavy (non-hydrogen) atoms. The van der Waals surface area contributed by atoms with Gasteiger partial charge in [0.05, 0.1) is 0 Å². The second-order valence-corrected chi connectivity index (χ2v) is 8.55. The Morgan fingerprint density at radius 1 is 1.14 bits per heavy atom. The molecule has 2 fully saturated rings. The van der Waals surface area contributed by atoms with Crippen LogP contribution < -0.4 is 10.2 Å². The lowest BCUT2D eigenvalue weighted by molar-refractivity contribution is -0.122. The van der Waals surface area contributed by atoms with Gasteiger partial charge in [0.1, 0.15) is 0 Å². The number of anilines is 1. The van der Waals surface area contributed by atoms with Crippen LogP contribution in [0, 0.1) is 5.92 Å². The molecule has 0 radical (unpaired) electrons. The van der Waals surface area contributed by atoms with Crippen molar-refractivity contribution in [1.29, 1.82) is 0 Å². The quantitative estimate of drug-likeness (QED) is 0.683. The Morgan fingerprint density at radius 3 is 2.52 bits per heavy atom. The first-order valence-corrected chi connectivity index (χ1v) is 11.2. The van der Waals surface area contributed by atoms with Crippen LogP contribution in [0.4, 0.5) is 14.5 Å². The highest BCUT2D eigenvalue weighted by Crippen LogP contribution is 2.28. The van der Waals surface area contributed by atoms with E-state index in [4.69, 9.17) is 0 Å². The zero-order valence-corrected chi connectivity index (χ0v) is 17.6. The number of nitrogens with zero attached hydrogens (tertiary/aromatic N) is 2. The number of amides is 1. The van der Waals surface area contributed by atoms with Crippen molar-refractivity contribution in [2.45, 2.75) is 64.3 Å². The van der Waals surface area contributed by atoms with Gasteiger partial charge in [-0.15, -0.1) is 0 Å². The van der Waals surface area contributed by atoms with Crippen LogP contribution in [0.1, 0.15) is 63.9 Å². The van der Waals surface area contributed by atoms with Gasteiger partial charge in [0.15, 0.2) is 0 Å². The summed E-state index contributed by atoms with van der Waals surface area (Å²) >= 11 is 0. The predicted molar refractivity (Wildman–Crippen MR) is 113 cm³/mol. The van der Waals surface area contributed by atoms with Gasteiger partial charge in [0.25, 0.3) is 6.43 Å². The molecule has 1 heterocycles. The highest BCUT2D eigenvalue weighted by atomic mass is 19.3. The third kappa shape index (κ3) is 6.66. The molecule has 1 aliphatic heterocycles. The zero-order valence-electron chi connectivity index (χ0n) is 17.6. The number of rotatable bonds is 8. The third-order valence-corrected chi connectivity index (χ3v) is 6.40. The summed E-state index contributed by atoms with van der Waals surface area (Å²) in [4.78, 5) is 16.5. The van der Waals surface area contributed by atoms with Crippen LogP contribution in [-0.4, -0.2) is 49.6 Å². The second kappa shape index (κ2) is 10.9. The maximum Gasteiger partial charge on any atom is 0.263 e. The van der Waals surface area contributed by atoms with Gasteiger partial charge in [-0.1, -0.05) is 19.1 Å². The summed E-state index contributed by atoms with van der Waals surface area (Å²) in [5.41, 5.74) is 1.01. The van der Waals surface area contributed by atoms with Gasteiger partial charge in [0, 0.05) is 49.9 Å². The average Bonchev–Trinajstić information content (AvgIpc) is 2.74. The van der Waals surface area contributed by atoms with Crippen molar-refractivity contribution in [2.24, 2.45) is 5.92 Å². The SMILES string of the molecule is CCCC(=O)NC1CCC(CCN2CCN(c3cccc(C(F)F)c3)CC2)CC1. The first-order chi connectivity index (χ1) is 14.0. The van der Waals surface area contributed by atoms with Crippen LogP contribution >= 0.6 is 0 Å². The van der Waals surface area contributed by atoms with Crippen LogP contribution in [0.3, 0.4) is 0 Å². The number of hydrogen-bond donors (Lipinski definition) is 1. The molecule has 0 spiro atoms. The van der Waals surface area contributed by atoms with E-state index in [1.807, 2.05) is 13.0 Å². The molecule has 0 bridgehead atoms. The first kappa shape index (κ1) is 22.0. The van der Waals surface area contributed by atoms with Crippen molar-refractivity contribution in [3.05, 3.63) is 29.8 Å². The van der Waals surface area contributed by atoms with Crippen molar-refractivity contribution in [2.75, 3.05) is 37.6 Å². The summed E-state index contributed by atoms with van der Waals surface area (Å²) in [7, 11) is 0. The number of carbonyl (C=O) groups is 1. The van der Waals surface area contributed by atoms with E-state index in [2.05, 4.69) is 15.1 Å². The molecule has 1 saturated heterocycles. The molecule has 1 amide bonds. The van der Waals surface area contributed by atoms with Crippen molar-refractivity contribution in [1.82, 2.24) is 10.2 Å². The van der Waals surface area contributed by atoms with Crippen LogP contribution in [0.25, 0.3) is 0 Å². The number of hydrogen-bond acceptors (Lipinski definition) is 3. The molecule has 2 aliphatic rings. The lowest BCUT2D eigenvalue weighted by Gasteiger charge is -2.37. The number of halogens is 2. The Labute approximate surface area is 173 Å². The lowest BCUT2D eigenvalue weighted by Crippen LogP contribution is -2.47. The monoisotopic (exact) mass is 407 g/mol. The molecule has 0 unspecified atom stereocenters. The fourth-order valence-electron chi connectivity index (χ4n) is 4.57. The average molecular weight is 408 g/mol. The summed E-state index contributed by atoms with van der Waals surface area (Å²) in [5.74, 6) is 0.961. The molecule has 1 N–H and O–H groups in total. The molecule has 0 aromatic heterocycles. The molecule has 3 rings (SSSR count). The Balaban J connectivity index is 1.35. The summed E-state index contributed by atoms with van der Waals surface area (Å²) in [6.45, 7) is 6.91. The molecule has 6 heteroatoms. The third-order valence-electron chi connectivity index (χ3n) is 6.40. The van der Waals surface area contributed by atoms with Gasteiger partial charge in [-0.25, -0.2) is 8.78 Å². The van der Waals surface area contributed by atoms with Gasteiger partial charge in [-0.2, -0.15) is 0 Å². The minimum atomic E-state index is -2.41. The van der Waals surface area contributed by atoms with E-state index in [-0.39, 0.29) is 11.5 Å². The zero-order chi connectivity index (χ0) is 20.6. The molecule has 1 aromatic carbocycles. The van der Waals surface area contributed by atoms with Crippen molar-refractivity contribution >= 4 is 11.6 Å². The van der Waals surface area contributed by atoms with E-state index in [9.17, 15) is 13.6 Å². The summed E-state index contributed by atoms with van der Waals surface area (Å²) in [6, 6.07) is 7.15. The van der Waals surface area contributed by atoms with E-state index in [0.717, 1.165) is 63.6 Å². The van der Waals surface area contributed by atoms with Gasteiger partial charge in [-0.05, 0) is 63.1 Å². The van der Waals surface area contributed by atoms with Gasteiger partial charge < -0.3 is 10.2 Å². The second-order valence-electron chi connectivity index (χ2n) is 8.55. The van der Waals surface area contributed by atoms with E-state index in [1.165, 1.54) is 25.3 Å². The number of carbonyl (C=O) groups excluding carboxylic acids is 1. The smallest absolute Gasteiger partial charge is 0.263 e. The fraction of sp³-hybridized carbons (Fsp3) is 0.696. The Morgan fingerprint density at radius 2 is 1.86 bits per heavy atom. The molecule has 1 saturated carbocycles. The van der Waals surface area contributed by atoms with Gasteiger partial charge in [-0.3, -0.25) is 9.69 Å². The number of alkyl halides is 2. The van der Waals surface area contributed by atoms with E-state index in [1.54, 1.807) is 12.1 Å². The van der Waals surface area contributed by atoms with Crippen LogP contribution in [0.15, 0.2) is 24.3 Å². The predicted octanol–water partition coefficient (Wildman–Crippen LogP) is 4.61. The highest BCUT2D eigenvalue weighted by Gasteiger charge is 2.24. The van der Waals surface area contributed by atoms with Crippen LogP contribution in [0.5, 0.6) is 0 Å². The Kier molecular flexibility index (Phi) is 8.28.